The summed E-state index contributed by atoms with van der Waals surface area (Å²) in [5.41, 5.74) is 10.8. The standard InChI is InChI=1S/C14H14N4/c1-9-14(11-4-2-3-5-12(11)18-9)13-6-10(7-15)16-8-17-13/h2-6,8,18H,7,15H2,1H3. The highest BCUT2D eigenvalue weighted by atomic mass is 14.9. The molecule has 0 aliphatic rings. The molecular formula is C14H14N4. The predicted molar refractivity (Wildman–Crippen MR) is 72.0 cm³/mol. The van der Waals surface area contributed by atoms with E-state index in [1.54, 1.807) is 6.33 Å². The molecule has 4 nitrogen and oxygen atoms in total. The molecule has 0 fully saturated rings. The van der Waals surface area contributed by atoms with Crippen molar-refractivity contribution in [3.63, 3.8) is 0 Å². The molecule has 2 heterocycles. The van der Waals surface area contributed by atoms with Crippen LogP contribution in [-0.2, 0) is 6.54 Å². The molecule has 3 aromatic rings. The third-order valence-corrected chi connectivity index (χ3v) is 3.08. The summed E-state index contributed by atoms with van der Waals surface area (Å²) < 4.78 is 0. The van der Waals surface area contributed by atoms with Crippen LogP contribution in [0.5, 0.6) is 0 Å². The third kappa shape index (κ3) is 1.67. The highest BCUT2D eigenvalue weighted by molar-refractivity contribution is 5.96. The predicted octanol–water partition coefficient (Wildman–Crippen LogP) is 2.39. The van der Waals surface area contributed by atoms with Gasteiger partial charge in [0.1, 0.15) is 6.33 Å². The van der Waals surface area contributed by atoms with Gasteiger partial charge in [0.15, 0.2) is 0 Å². The minimum absolute atomic E-state index is 0.428. The van der Waals surface area contributed by atoms with Crippen LogP contribution in [0.25, 0.3) is 22.2 Å². The first-order valence-corrected chi connectivity index (χ1v) is 5.88. The van der Waals surface area contributed by atoms with Gasteiger partial charge in [-0.05, 0) is 19.1 Å². The number of nitrogens with zero attached hydrogens (tertiary/aromatic N) is 2. The van der Waals surface area contributed by atoms with Gasteiger partial charge < -0.3 is 10.7 Å². The molecule has 0 radical (unpaired) electrons. The number of H-pyrrole nitrogens is 1. The van der Waals surface area contributed by atoms with Crippen LogP contribution in [0.2, 0.25) is 0 Å². The number of aryl methyl sites for hydroxylation is 1. The minimum atomic E-state index is 0.428. The van der Waals surface area contributed by atoms with Crippen molar-refractivity contribution in [2.75, 3.05) is 0 Å². The largest absolute Gasteiger partial charge is 0.358 e. The summed E-state index contributed by atoms with van der Waals surface area (Å²) >= 11 is 0. The monoisotopic (exact) mass is 238 g/mol. The van der Waals surface area contributed by atoms with Crippen LogP contribution in [0, 0.1) is 6.92 Å². The van der Waals surface area contributed by atoms with Crippen molar-refractivity contribution in [1.29, 1.82) is 0 Å². The average molecular weight is 238 g/mol. The second-order valence-corrected chi connectivity index (χ2v) is 4.27. The summed E-state index contributed by atoms with van der Waals surface area (Å²) in [5.74, 6) is 0. The van der Waals surface area contributed by atoms with Gasteiger partial charge in [0.25, 0.3) is 0 Å². The molecule has 2 aromatic heterocycles. The van der Waals surface area contributed by atoms with E-state index in [4.69, 9.17) is 5.73 Å². The Bertz CT molecular complexity index is 700. The number of benzene rings is 1. The van der Waals surface area contributed by atoms with Gasteiger partial charge in [-0.1, -0.05) is 18.2 Å². The fourth-order valence-electron chi connectivity index (χ4n) is 2.25. The van der Waals surface area contributed by atoms with Gasteiger partial charge in [-0.25, -0.2) is 9.97 Å². The van der Waals surface area contributed by atoms with Gasteiger partial charge >= 0.3 is 0 Å². The molecule has 4 heteroatoms. The van der Waals surface area contributed by atoms with E-state index < -0.39 is 0 Å². The zero-order chi connectivity index (χ0) is 12.5. The Hall–Kier alpha value is -2.20. The summed E-state index contributed by atoms with van der Waals surface area (Å²) in [4.78, 5) is 11.9. The zero-order valence-electron chi connectivity index (χ0n) is 10.1. The lowest BCUT2D eigenvalue weighted by molar-refractivity contribution is 0.966. The van der Waals surface area contributed by atoms with Gasteiger partial charge in [0, 0.05) is 28.7 Å². The van der Waals surface area contributed by atoms with Crippen LogP contribution in [0.1, 0.15) is 11.4 Å². The van der Waals surface area contributed by atoms with Gasteiger partial charge in [-0.2, -0.15) is 0 Å². The number of para-hydroxylation sites is 1. The topological polar surface area (TPSA) is 67.6 Å². The molecular weight excluding hydrogens is 224 g/mol. The number of nitrogens with one attached hydrogen (secondary N) is 1. The second-order valence-electron chi connectivity index (χ2n) is 4.27. The smallest absolute Gasteiger partial charge is 0.116 e. The van der Waals surface area contributed by atoms with Gasteiger partial charge in [-0.15, -0.1) is 0 Å². The maximum absolute atomic E-state index is 5.62. The lowest BCUT2D eigenvalue weighted by Gasteiger charge is -2.02. The Labute approximate surface area is 105 Å². The maximum Gasteiger partial charge on any atom is 0.116 e. The molecule has 0 saturated carbocycles. The van der Waals surface area contributed by atoms with E-state index in [-0.39, 0.29) is 0 Å². The van der Waals surface area contributed by atoms with Crippen molar-refractivity contribution in [1.82, 2.24) is 15.0 Å². The van der Waals surface area contributed by atoms with Crippen LogP contribution in [0.4, 0.5) is 0 Å². The van der Waals surface area contributed by atoms with Crippen molar-refractivity contribution in [3.8, 4) is 11.3 Å². The molecule has 0 bridgehead atoms. The van der Waals surface area contributed by atoms with E-state index in [1.165, 1.54) is 5.39 Å². The zero-order valence-corrected chi connectivity index (χ0v) is 10.1. The SMILES string of the molecule is Cc1[nH]c2ccccc2c1-c1cc(CN)ncn1. The summed E-state index contributed by atoms with van der Waals surface area (Å²) in [6, 6.07) is 10.2. The van der Waals surface area contributed by atoms with E-state index >= 15 is 0 Å². The van der Waals surface area contributed by atoms with E-state index in [9.17, 15) is 0 Å². The molecule has 3 rings (SSSR count). The summed E-state index contributed by atoms with van der Waals surface area (Å²) in [6.45, 7) is 2.48. The molecule has 0 amide bonds. The molecule has 0 saturated heterocycles. The van der Waals surface area contributed by atoms with Crippen LogP contribution in [0.15, 0.2) is 36.7 Å². The fourth-order valence-corrected chi connectivity index (χ4v) is 2.25. The Morgan fingerprint density at radius 2 is 2.06 bits per heavy atom. The minimum Gasteiger partial charge on any atom is -0.358 e. The summed E-state index contributed by atoms with van der Waals surface area (Å²) in [7, 11) is 0. The maximum atomic E-state index is 5.62. The lowest BCUT2D eigenvalue weighted by Crippen LogP contribution is -2.00. The molecule has 0 unspecified atom stereocenters. The van der Waals surface area contributed by atoms with Crippen molar-refractivity contribution in [2.45, 2.75) is 13.5 Å². The van der Waals surface area contributed by atoms with Crippen molar-refractivity contribution in [2.24, 2.45) is 5.73 Å². The van der Waals surface area contributed by atoms with Crippen molar-refractivity contribution < 1.29 is 0 Å². The van der Waals surface area contributed by atoms with Gasteiger partial charge in [-0.3, -0.25) is 0 Å². The molecule has 0 atom stereocenters. The van der Waals surface area contributed by atoms with Crippen LogP contribution >= 0.6 is 0 Å². The summed E-state index contributed by atoms with van der Waals surface area (Å²) in [6.07, 6.45) is 1.57. The highest BCUT2D eigenvalue weighted by Crippen LogP contribution is 2.30. The normalized spacial score (nSPS) is 11.0. The highest BCUT2D eigenvalue weighted by Gasteiger charge is 2.11. The Balaban J connectivity index is 2.27. The first-order valence-electron chi connectivity index (χ1n) is 5.88. The number of hydrogen-bond donors (Lipinski definition) is 2. The molecule has 90 valence electrons. The molecule has 3 N–H and O–H groups in total. The van der Waals surface area contributed by atoms with Crippen molar-refractivity contribution >= 4 is 10.9 Å². The van der Waals surface area contributed by atoms with Gasteiger partial charge in [0.05, 0.1) is 11.4 Å². The molecule has 1 aromatic carbocycles. The van der Waals surface area contributed by atoms with Crippen molar-refractivity contribution in [3.05, 3.63) is 48.0 Å². The number of fused-ring (bicyclic) bond motifs is 1. The van der Waals surface area contributed by atoms with E-state index in [1.807, 2.05) is 18.2 Å². The van der Waals surface area contributed by atoms with Crippen LogP contribution in [-0.4, -0.2) is 15.0 Å². The Morgan fingerprint density at radius 1 is 1.22 bits per heavy atom. The number of rotatable bonds is 2. The lowest BCUT2D eigenvalue weighted by atomic mass is 10.1. The van der Waals surface area contributed by atoms with E-state index in [2.05, 4.69) is 34.0 Å². The fraction of sp³-hybridized carbons (Fsp3) is 0.143. The molecule has 0 spiro atoms. The van der Waals surface area contributed by atoms with Gasteiger partial charge in [0.2, 0.25) is 0 Å². The summed E-state index contributed by atoms with van der Waals surface area (Å²) in [5, 5.41) is 1.18. The second kappa shape index (κ2) is 4.23. The van der Waals surface area contributed by atoms with Crippen LogP contribution < -0.4 is 5.73 Å². The van der Waals surface area contributed by atoms with Crippen LogP contribution in [0.3, 0.4) is 0 Å². The first kappa shape index (κ1) is 10.9. The van der Waals surface area contributed by atoms with E-state index in [0.717, 1.165) is 28.2 Å². The quantitative estimate of drug-likeness (QED) is 0.720. The number of hydrogen-bond acceptors (Lipinski definition) is 3. The third-order valence-electron chi connectivity index (χ3n) is 3.08. The Morgan fingerprint density at radius 3 is 2.89 bits per heavy atom. The molecule has 0 aliphatic carbocycles. The van der Waals surface area contributed by atoms with E-state index in [0.29, 0.717) is 6.54 Å². The average Bonchev–Trinajstić information content (AvgIpc) is 2.74. The first-order chi connectivity index (χ1) is 8.79. The molecule has 0 aliphatic heterocycles. The number of nitrogens with two attached hydrogens (primary N) is 1. The molecule has 18 heavy (non-hydrogen) atoms. The number of aromatic amines is 1. The Kier molecular flexibility index (Phi) is 2.57. The number of aromatic nitrogens is 3.